The van der Waals surface area contributed by atoms with Gasteiger partial charge in [-0.15, -0.1) is 0 Å². The Bertz CT molecular complexity index is 610. The zero-order valence-electron chi connectivity index (χ0n) is 14.6. The maximum Gasteiger partial charge on any atom is 0.166 e. The number of allylic oxidation sites excluding steroid dienone is 1. The van der Waals surface area contributed by atoms with E-state index in [4.69, 9.17) is 4.74 Å². The second-order valence-electron chi connectivity index (χ2n) is 7.95. The van der Waals surface area contributed by atoms with Gasteiger partial charge in [-0.05, 0) is 49.0 Å². The van der Waals surface area contributed by atoms with Crippen molar-refractivity contribution in [2.45, 2.75) is 63.9 Å². The summed E-state index contributed by atoms with van der Waals surface area (Å²) in [6.07, 6.45) is 10.1. The lowest BCUT2D eigenvalue weighted by atomic mass is 9.81. The van der Waals surface area contributed by atoms with Crippen molar-refractivity contribution in [2.24, 2.45) is 17.8 Å². The highest BCUT2D eigenvalue weighted by atomic mass is 16.5. The van der Waals surface area contributed by atoms with Gasteiger partial charge in [0.05, 0.1) is 6.26 Å². The summed E-state index contributed by atoms with van der Waals surface area (Å²) in [5, 5.41) is 0. The molecule has 2 saturated carbocycles. The molecule has 3 aliphatic rings. The third-order valence-electron chi connectivity index (χ3n) is 6.05. The summed E-state index contributed by atoms with van der Waals surface area (Å²) in [5.74, 6) is 2.61. The maximum atomic E-state index is 12.9. The molecular weight excluding hydrogens is 296 g/mol. The molecule has 0 saturated heterocycles. The lowest BCUT2D eigenvalue weighted by Gasteiger charge is -2.31. The van der Waals surface area contributed by atoms with Crippen LogP contribution in [0, 0.1) is 17.8 Å². The minimum Gasteiger partial charge on any atom is -0.497 e. The molecule has 0 radical (unpaired) electrons. The van der Waals surface area contributed by atoms with Crippen LogP contribution in [-0.4, -0.2) is 11.9 Å². The maximum absolute atomic E-state index is 12.9. The number of hydrogen-bond donors (Lipinski definition) is 0. The van der Waals surface area contributed by atoms with Crippen molar-refractivity contribution in [3.63, 3.8) is 0 Å². The average Bonchev–Trinajstić information content (AvgIpc) is 3.50. The number of rotatable bonds is 7. The van der Waals surface area contributed by atoms with E-state index in [2.05, 4.69) is 31.2 Å². The molecular formula is C22H28O2. The summed E-state index contributed by atoms with van der Waals surface area (Å²) in [7, 11) is 0. The van der Waals surface area contributed by atoms with Crippen LogP contribution in [0.3, 0.4) is 0 Å². The Kier molecular flexibility index (Phi) is 4.47. The van der Waals surface area contributed by atoms with Gasteiger partial charge in [-0.1, -0.05) is 50.1 Å². The molecule has 0 aromatic heterocycles. The minimum atomic E-state index is 0.0995. The monoisotopic (exact) mass is 324 g/mol. The highest BCUT2D eigenvalue weighted by Crippen LogP contribution is 2.48. The summed E-state index contributed by atoms with van der Waals surface area (Å²) in [6, 6.07) is 10.5. The van der Waals surface area contributed by atoms with Crippen LogP contribution in [0.4, 0.5) is 0 Å². The van der Waals surface area contributed by atoms with Crippen LogP contribution in [0.1, 0.15) is 63.4 Å². The Balaban J connectivity index is 1.51. The van der Waals surface area contributed by atoms with E-state index in [0.717, 1.165) is 17.9 Å². The number of carbonyl (C=O) groups excluding carboxylic acids is 1. The van der Waals surface area contributed by atoms with E-state index in [1.807, 2.05) is 12.3 Å². The van der Waals surface area contributed by atoms with E-state index in [0.29, 0.717) is 24.0 Å². The van der Waals surface area contributed by atoms with E-state index in [1.165, 1.54) is 37.7 Å². The minimum absolute atomic E-state index is 0.0995. The number of Topliss-reactive ketones (excluding diaryl/α,β-unsaturated/α-hetero) is 1. The normalized spacial score (nSPS) is 26.5. The molecule has 1 heterocycles. The van der Waals surface area contributed by atoms with Gasteiger partial charge >= 0.3 is 0 Å². The fourth-order valence-electron chi connectivity index (χ4n) is 4.26. The molecule has 0 bridgehead atoms. The number of benzene rings is 1. The molecule has 3 unspecified atom stereocenters. The van der Waals surface area contributed by atoms with Crippen LogP contribution in [0.15, 0.2) is 42.2 Å². The van der Waals surface area contributed by atoms with E-state index in [9.17, 15) is 4.79 Å². The van der Waals surface area contributed by atoms with E-state index >= 15 is 0 Å². The molecule has 0 amide bonds. The SMILES string of the molecule is CCC(CC1CC1)C1CC(=O)C(C(c2ccccc2)C2CC2)=CO1. The van der Waals surface area contributed by atoms with Crippen molar-refractivity contribution in [1.29, 1.82) is 0 Å². The van der Waals surface area contributed by atoms with Gasteiger partial charge in [0.25, 0.3) is 0 Å². The van der Waals surface area contributed by atoms with Gasteiger partial charge < -0.3 is 4.74 Å². The number of ketones is 1. The number of hydrogen-bond acceptors (Lipinski definition) is 2. The Morgan fingerprint density at radius 1 is 1.12 bits per heavy atom. The van der Waals surface area contributed by atoms with Crippen molar-refractivity contribution >= 4 is 5.78 Å². The Morgan fingerprint density at radius 3 is 2.46 bits per heavy atom. The first kappa shape index (κ1) is 15.9. The molecule has 24 heavy (non-hydrogen) atoms. The number of carbonyl (C=O) groups is 1. The largest absolute Gasteiger partial charge is 0.497 e. The van der Waals surface area contributed by atoms with Gasteiger partial charge in [0.15, 0.2) is 5.78 Å². The van der Waals surface area contributed by atoms with Gasteiger partial charge in [-0.2, -0.15) is 0 Å². The molecule has 1 aliphatic heterocycles. The van der Waals surface area contributed by atoms with Gasteiger partial charge in [0.2, 0.25) is 0 Å². The lowest BCUT2D eigenvalue weighted by molar-refractivity contribution is -0.120. The zero-order valence-corrected chi connectivity index (χ0v) is 14.6. The second-order valence-corrected chi connectivity index (χ2v) is 7.95. The van der Waals surface area contributed by atoms with Gasteiger partial charge in [0, 0.05) is 17.9 Å². The Hall–Kier alpha value is -1.57. The molecule has 1 aromatic rings. The molecule has 2 nitrogen and oxygen atoms in total. The molecule has 0 spiro atoms. The standard InChI is InChI=1S/C22H28O2/c1-2-16(12-15-8-9-15)21-13-20(23)19(14-24-21)22(18-10-11-18)17-6-4-3-5-7-17/h3-7,14-16,18,21-22H,2,8-13H2,1H3. The van der Waals surface area contributed by atoms with Gasteiger partial charge in [-0.3, -0.25) is 4.79 Å². The predicted molar refractivity (Wildman–Crippen MR) is 95.6 cm³/mol. The first-order valence-corrected chi connectivity index (χ1v) is 9.70. The van der Waals surface area contributed by atoms with Gasteiger partial charge in [0.1, 0.15) is 6.10 Å². The molecule has 2 heteroatoms. The van der Waals surface area contributed by atoms with Crippen molar-refractivity contribution in [2.75, 3.05) is 0 Å². The summed E-state index contributed by atoms with van der Waals surface area (Å²) >= 11 is 0. The summed E-state index contributed by atoms with van der Waals surface area (Å²) in [5.41, 5.74) is 2.19. The highest BCUT2D eigenvalue weighted by Gasteiger charge is 2.40. The smallest absolute Gasteiger partial charge is 0.166 e. The first-order chi connectivity index (χ1) is 11.8. The fraction of sp³-hybridized carbons (Fsp3) is 0.591. The van der Waals surface area contributed by atoms with Crippen molar-refractivity contribution in [3.8, 4) is 0 Å². The topological polar surface area (TPSA) is 26.3 Å². The van der Waals surface area contributed by atoms with Gasteiger partial charge in [-0.25, -0.2) is 0 Å². The molecule has 4 rings (SSSR count). The lowest BCUT2D eigenvalue weighted by Crippen LogP contribution is -2.31. The molecule has 1 aromatic carbocycles. The first-order valence-electron chi connectivity index (χ1n) is 9.70. The van der Waals surface area contributed by atoms with Crippen LogP contribution in [-0.2, 0) is 9.53 Å². The van der Waals surface area contributed by atoms with E-state index < -0.39 is 0 Å². The molecule has 3 atom stereocenters. The number of ether oxygens (including phenoxy) is 1. The molecule has 128 valence electrons. The van der Waals surface area contributed by atoms with Crippen LogP contribution in [0.5, 0.6) is 0 Å². The van der Waals surface area contributed by atoms with Crippen LogP contribution in [0.25, 0.3) is 0 Å². The van der Waals surface area contributed by atoms with E-state index in [1.54, 1.807) is 0 Å². The Labute approximate surface area is 145 Å². The van der Waals surface area contributed by atoms with Crippen LogP contribution < -0.4 is 0 Å². The summed E-state index contributed by atoms with van der Waals surface area (Å²) in [4.78, 5) is 12.9. The summed E-state index contributed by atoms with van der Waals surface area (Å²) < 4.78 is 6.14. The molecule has 0 N–H and O–H groups in total. The molecule has 2 aliphatic carbocycles. The summed E-state index contributed by atoms with van der Waals surface area (Å²) in [6.45, 7) is 2.23. The second kappa shape index (κ2) is 6.74. The van der Waals surface area contributed by atoms with Crippen molar-refractivity contribution in [1.82, 2.24) is 0 Å². The fourth-order valence-corrected chi connectivity index (χ4v) is 4.26. The third kappa shape index (κ3) is 3.43. The third-order valence-corrected chi connectivity index (χ3v) is 6.05. The van der Waals surface area contributed by atoms with Crippen molar-refractivity contribution in [3.05, 3.63) is 47.7 Å². The van der Waals surface area contributed by atoms with Crippen LogP contribution in [0.2, 0.25) is 0 Å². The molecule has 2 fully saturated rings. The average molecular weight is 324 g/mol. The predicted octanol–water partition coefficient (Wildman–Crippen LogP) is 5.25. The quantitative estimate of drug-likeness (QED) is 0.685. The van der Waals surface area contributed by atoms with Crippen LogP contribution >= 0.6 is 0 Å². The van der Waals surface area contributed by atoms with E-state index in [-0.39, 0.29) is 12.0 Å². The highest BCUT2D eigenvalue weighted by molar-refractivity contribution is 5.97. The zero-order chi connectivity index (χ0) is 16.5. The van der Waals surface area contributed by atoms with Crippen molar-refractivity contribution < 1.29 is 9.53 Å². The Morgan fingerprint density at radius 2 is 1.88 bits per heavy atom.